The van der Waals surface area contributed by atoms with Gasteiger partial charge < -0.3 is 4.98 Å². The zero-order valence-corrected chi connectivity index (χ0v) is 11.7. The Balaban J connectivity index is 1.83. The molecule has 0 unspecified atom stereocenters. The van der Waals surface area contributed by atoms with Gasteiger partial charge in [-0.15, -0.1) is 11.3 Å². The van der Waals surface area contributed by atoms with E-state index in [0.29, 0.717) is 0 Å². The number of hydrogen-bond acceptors (Lipinski definition) is 3. The second kappa shape index (κ2) is 4.17. The number of nitrogens with zero attached hydrogens (tertiary/aromatic N) is 2. The predicted molar refractivity (Wildman–Crippen MR) is 78.6 cm³/mol. The van der Waals surface area contributed by atoms with Crippen LogP contribution in [0.3, 0.4) is 0 Å². The maximum Gasteiger partial charge on any atom is 0.178 e. The molecule has 3 aromatic rings. The Morgan fingerprint density at radius 1 is 1.21 bits per heavy atom. The lowest BCUT2D eigenvalue weighted by Gasteiger charge is -2.08. The molecule has 0 bridgehead atoms. The Morgan fingerprint density at radius 3 is 3.00 bits per heavy atom. The molecule has 0 aliphatic heterocycles. The Hall–Kier alpha value is -1.68. The molecule has 0 atom stereocenters. The first kappa shape index (κ1) is 11.2. The molecule has 0 aromatic carbocycles. The van der Waals surface area contributed by atoms with Gasteiger partial charge in [-0.05, 0) is 55.9 Å². The minimum Gasteiger partial charge on any atom is -0.336 e. The molecule has 0 radical (unpaired) electrons. The molecular weight excluding hydrogens is 254 g/mol. The minimum absolute atomic E-state index is 0.812. The van der Waals surface area contributed by atoms with E-state index in [9.17, 15) is 0 Å². The van der Waals surface area contributed by atoms with Gasteiger partial charge in [0.2, 0.25) is 0 Å². The largest absolute Gasteiger partial charge is 0.336 e. The van der Waals surface area contributed by atoms with Gasteiger partial charge in [0.25, 0.3) is 0 Å². The van der Waals surface area contributed by atoms with E-state index in [2.05, 4.69) is 34.0 Å². The first-order valence-electron chi connectivity index (χ1n) is 6.74. The summed E-state index contributed by atoms with van der Waals surface area (Å²) in [6.45, 7) is 2.05. The molecule has 1 aliphatic carbocycles. The smallest absolute Gasteiger partial charge is 0.178 e. The number of aromatic amines is 1. The van der Waals surface area contributed by atoms with Crippen LogP contribution >= 0.6 is 11.3 Å². The summed E-state index contributed by atoms with van der Waals surface area (Å²) < 4.78 is 0. The second-order valence-electron chi connectivity index (χ2n) is 5.24. The van der Waals surface area contributed by atoms with Gasteiger partial charge >= 0.3 is 0 Å². The Morgan fingerprint density at radius 2 is 2.11 bits per heavy atom. The van der Waals surface area contributed by atoms with Crippen LogP contribution in [0, 0.1) is 6.92 Å². The summed E-state index contributed by atoms with van der Waals surface area (Å²) >= 11 is 1.89. The second-order valence-corrected chi connectivity index (χ2v) is 6.37. The lowest BCUT2D eigenvalue weighted by Crippen LogP contribution is -1.96. The standard InChI is InChI=1S/C15H15N3S/c1-9-6-11-14(16-8-9)18-15(17-11)13-7-10-4-2-3-5-12(10)19-13/h6-8H,2-5H2,1H3,(H,16,17,18). The van der Waals surface area contributed by atoms with Gasteiger partial charge in [-0.2, -0.15) is 0 Å². The number of hydrogen-bond donors (Lipinski definition) is 1. The molecule has 1 aliphatic rings. The molecule has 19 heavy (non-hydrogen) atoms. The van der Waals surface area contributed by atoms with Crippen LogP contribution in [0.1, 0.15) is 28.8 Å². The van der Waals surface area contributed by atoms with E-state index < -0.39 is 0 Å². The van der Waals surface area contributed by atoms with Crippen molar-refractivity contribution in [2.45, 2.75) is 32.6 Å². The molecule has 4 rings (SSSR count). The van der Waals surface area contributed by atoms with Crippen molar-refractivity contribution < 1.29 is 0 Å². The minimum atomic E-state index is 0.812. The third-order valence-corrected chi connectivity index (χ3v) is 4.95. The van der Waals surface area contributed by atoms with Crippen molar-refractivity contribution in [3.63, 3.8) is 0 Å². The van der Waals surface area contributed by atoms with Crippen LogP contribution in [0.25, 0.3) is 21.9 Å². The van der Waals surface area contributed by atoms with Crippen LogP contribution in [0.2, 0.25) is 0 Å². The fourth-order valence-corrected chi connectivity index (χ4v) is 3.93. The van der Waals surface area contributed by atoms with Crippen molar-refractivity contribution in [2.24, 2.45) is 0 Å². The summed E-state index contributed by atoms with van der Waals surface area (Å²) in [5.41, 5.74) is 4.53. The highest BCUT2D eigenvalue weighted by molar-refractivity contribution is 7.15. The first-order valence-corrected chi connectivity index (χ1v) is 7.55. The number of thiophene rings is 1. The number of H-pyrrole nitrogens is 1. The van der Waals surface area contributed by atoms with E-state index in [1.165, 1.54) is 36.1 Å². The van der Waals surface area contributed by atoms with Crippen LogP contribution < -0.4 is 0 Å². The Labute approximate surface area is 115 Å². The van der Waals surface area contributed by atoms with Crippen molar-refractivity contribution in [1.29, 1.82) is 0 Å². The van der Waals surface area contributed by atoms with Gasteiger partial charge in [0.05, 0.1) is 10.4 Å². The van der Waals surface area contributed by atoms with Gasteiger partial charge in [-0.3, -0.25) is 0 Å². The van der Waals surface area contributed by atoms with Crippen LogP contribution in [0.4, 0.5) is 0 Å². The third kappa shape index (κ3) is 1.87. The monoisotopic (exact) mass is 269 g/mol. The van der Waals surface area contributed by atoms with E-state index in [4.69, 9.17) is 0 Å². The number of aromatic nitrogens is 3. The zero-order chi connectivity index (χ0) is 12.8. The highest BCUT2D eigenvalue weighted by Gasteiger charge is 2.16. The quantitative estimate of drug-likeness (QED) is 0.728. The fourth-order valence-electron chi connectivity index (χ4n) is 2.73. The van der Waals surface area contributed by atoms with Gasteiger partial charge in [0.15, 0.2) is 11.5 Å². The maximum atomic E-state index is 4.61. The van der Waals surface area contributed by atoms with E-state index in [0.717, 1.165) is 22.6 Å². The summed E-state index contributed by atoms with van der Waals surface area (Å²) in [7, 11) is 0. The summed E-state index contributed by atoms with van der Waals surface area (Å²) in [5.74, 6) is 0.965. The number of imidazole rings is 1. The normalized spacial score (nSPS) is 14.8. The highest BCUT2D eigenvalue weighted by Crippen LogP contribution is 2.35. The van der Waals surface area contributed by atoms with Gasteiger partial charge in [-0.25, -0.2) is 9.97 Å². The molecule has 0 saturated heterocycles. The lowest BCUT2D eigenvalue weighted by molar-refractivity contribution is 0.697. The maximum absolute atomic E-state index is 4.61. The fraction of sp³-hybridized carbons (Fsp3) is 0.333. The molecule has 96 valence electrons. The molecule has 3 heterocycles. The summed E-state index contributed by atoms with van der Waals surface area (Å²) in [6.07, 6.45) is 6.98. The van der Waals surface area contributed by atoms with Crippen molar-refractivity contribution >= 4 is 22.5 Å². The molecule has 0 fully saturated rings. The van der Waals surface area contributed by atoms with Crippen molar-refractivity contribution in [2.75, 3.05) is 0 Å². The van der Waals surface area contributed by atoms with Crippen LogP contribution in [0.15, 0.2) is 18.3 Å². The molecule has 3 aromatic heterocycles. The zero-order valence-electron chi connectivity index (χ0n) is 10.9. The molecule has 0 amide bonds. The molecule has 4 heteroatoms. The van der Waals surface area contributed by atoms with E-state index in [1.54, 1.807) is 4.88 Å². The van der Waals surface area contributed by atoms with Crippen molar-refractivity contribution in [3.05, 3.63) is 34.3 Å². The topological polar surface area (TPSA) is 41.6 Å². The predicted octanol–water partition coefficient (Wildman–Crippen LogP) is 3.87. The highest BCUT2D eigenvalue weighted by atomic mass is 32.1. The number of nitrogens with one attached hydrogen (secondary N) is 1. The molecule has 0 saturated carbocycles. The molecule has 0 spiro atoms. The van der Waals surface area contributed by atoms with Gasteiger partial charge in [-0.1, -0.05) is 0 Å². The van der Waals surface area contributed by atoms with E-state index in [-0.39, 0.29) is 0 Å². The Bertz CT molecular complexity index is 730. The van der Waals surface area contributed by atoms with Crippen LogP contribution in [-0.2, 0) is 12.8 Å². The van der Waals surface area contributed by atoms with E-state index >= 15 is 0 Å². The average molecular weight is 269 g/mol. The number of pyridine rings is 1. The first-order chi connectivity index (χ1) is 9.29. The number of fused-ring (bicyclic) bond motifs is 2. The number of rotatable bonds is 1. The van der Waals surface area contributed by atoms with Crippen LogP contribution in [-0.4, -0.2) is 15.0 Å². The van der Waals surface area contributed by atoms with E-state index in [1.807, 2.05) is 17.5 Å². The summed E-state index contributed by atoms with van der Waals surface area (Å²) in [6, 6.07) is 4.41. The SMILES string of the molecule is Cc1cnc2nc(-c3cc4c(s3)CCCC4)[nH]c2c1. The average Bonchev–Trinajstić information content (AvgIpc) is 3.00. The van der Waals surface area contributed by atoms with Gasteiger partial charge in [0.1, 0.15) is 0 Å². The number of aryl methyl sites for hydroxylation is 3. The summed E-state index contributed by atoms with van der Waals surface area (Å²) in [4.78, 5) is 15.2. The third-order valence-electron chi connectivity index (χ3n) is 3.70. The molecule has 3 nitrogen and oxygen atoms in total. The van der Waals surface area contributed by atoms with Gasteiger partial charge in [0, 0.05) is 11.1 Å². The Kier molecular flexibility index (Phi) is 2.45. The van der Waals surface area contributed by atoms with Crippen molar-refractivity contribution in [1.82, 2.24) is 15.0 Å². The summed E-state index contributed by atoms with van der Waals surface area (Å²) in [5, 5.41) is 0. The van der Waals surface area contributed by atoms with Crippen molar-refractivity contribution in [3.8, 4) is 10.7 Å². The lowest BCUT2D eigenvalue weighted by atomic mass is 9.99. The van der Waals surface area contributed by atoms with Crippen LogP contribution in [0.5, 0.6) is 0 Å². The molecule has 1 N–H and O–H groups in total. The molecular formula is C15H15N3S.